The Balaban J connectivity index is 2.70. The fourth-order valence-electron chi connectivity index (χ4n) is 2.07. The Morgan fingerprint density at radius 2 is 2.10 bits per heavy atom. The number of hydrogen-bond acceptors (Lipinski definition) is 3. The van der Waals surface area contributed by atoms with Crippen molar-refractivity contribution in [2.75, 3.05) is 31.6 Å². The van der Waals surface area contributed by atoms with Gasteiger partial charge in [-0.2, -0.15) is 0 Å². The summed E-state index contributed by atoms with van der Waals surface area (Å²) in [6.07, 6.45) is 1.40. The lowest BCUT2D eigenvalue weighted by atomic mass is 10.1. The summed E-state index contributed by atoms with van der Waals surface area (Å²) in [5, 5.41) is 4.23. The van der Waals surface area contributed by atoms with E-state index in [1.165, 1.54) is 5.56 Å². The highest BCUT2D eigenvalue weighted by Gasteiger charge is 2.11. The highest BCUT2D eigenvalue weighted by atomic mass is 35.5. The van der Waals surface area contributed by atoms with E-state index in [2.05, 4.69) is 44.1 Å². The Labute approximate surface area is 128 Å². The van der Waals surface area contributed by atoms with E-state index >= 15 is 0 Å². The lowest BCUT2D eigenvalue weighted by molar-refractivity contribution is 0.0846. The van der Waals surface area contributed by atoms with E-state index < -0.39 is 0 Å². The van der Waals surface area contributed by atoms with Crippen LogP contribution in [0.3, 0.4) is 0 Å². The standard InChI is InChI=1S/C16H27ClN2O/c1-5-9-18-12-14-7-6-8-15(17)16(14)19(4)10-11-20-13(2)3/h6-8,13,18H,5,9-12H2,1-4H3. The van der Waals surface area contributed by atoms with E-state index in [-0.39, 0.29) is 6.10 Å². The van der Waals surface area contributed by atoms with E-state index in [0.717, 1.165) is 36.8 Å². The predicted molar refractivity (Wildman–Crippen MR) is 87.8 cm³/mol. The Hall–Kier alpha value is -0.770. The Morgan fingerprint density at radius 3 is 2.75 bits per heavy atom. The fraction of sp³-hybridized carbons (Fsp3) is 0.625. The summed E-state index contributed by atoms with van der Waals surface area (Å²) < 4.78 is 5.61. The molecule has 0 aliphatic heterocycles. The van der Waals surface area contributed by atoms with Crippen LogP contribution in [0, 0.1) is 0 Å². The predicted octanol–water partition coefficient (Wildman–Crippen LogP) is 3.70. The van der Waals surface area contributed by atoms with Crippen molar-refractivity contribution in [1.82, 2.24) is 5.32 Å². The molecule has 0 saturated carbocycles. The van der Waals surface area contributed by atoms with Gasteiger partial charge in [0.05, 0.1) is 23.4 Å². The van der Waals surface area contributed by atoms with Crippen molar-refractivity contribution in [1.29, 1.82) is 0 Å². The van der Waals surface area contributed by atoms with Gasteiger partial charge in [0.25, 0.3) is 0 Å². The Morgan fingerprint density at radius 1 is 1.35 bits per heavy atom. The molecule has 0 saturated heterocycles. The first-order chi connectivity index (χ1) is 9.56. The van der Waals surface area contributed by atoms with Crippen molar-refractivity contribution in [2.45, 2.75) is 39.8 Å². The van der Waals surface area contributed by atoms with Gasteiger partial charge >= 0.3 is 0 Å². The average Bonchev–Trinajstić information content (AvgIpc) is 2.38. The van der Waals surface area contributed by atoms with Gasteiger partial charge in [0.1, 0.15) is 0 Å². The molecule has 0 radical (unpaired) electrons. The van der Waals surface area contributed by atoms with Crippen LogP contribution in [0.5, 0.6) is 0 Å². The molecule has 0 spiro atoms. The van der Waals surface area contributed by atoms with Gasteiger partial charge in [-0.25, -0.2) is 0 Å². The minimum atomic E-state index is 0.264. The summed E-state index contributed by atoms with van der Waals surface area (Å²) in [6, 6.07) is 6.08. The fourth-order valence-corrected chi connectivity index (χ4v) is 2.41. The number of rotatable bonds is 9. The summed E-state index contributed by atoms with van der Waals surface area (Å²) >= 11 is 6.37. The van der Waals surface area contributed by atoms with Crippen molar-refractivity contribution < 1.29 is 4.74 Å². The number of hydrogen-bond donors (Lipinski definition) is 1. The zero-order valence-corrected chi connectivity index (χ0v) is 13.8. The van der Waals surface area contributed by atoms with Crippen molar-refractivity contribution in [3.63, 3.8) is 0 Å². The molecule has 0 aliphatic carbocycles. The zero-order valence-electron chi connectivity index (χ0n) is 13.1. The van der Waals surface area contributed by atoms with Crippen LogP contribution in [0.4, 0.5) is 5.69 Å². The normalized spacial score (nSPS) is 11.1. The molecule has 1 aromatic carbocycles. The first-order valence-electron chi connectivity index (χ1n) is 7.37. The topological polar surface area (TPSA) is 24.5 Å². The van der Waals surface area contributed by atoms with Gasteiger partial charge in [0.2, 0.25) is 0 Å². The molecule has 0 bridgehead atoms. The minimum Gasteiger partial charge on any atom is -0.377 e. The zero-order chi connectivity index (χ0) is 15.0. The van der Waals surface area contributed by atoms with Crippen LogP contribution < -0.4 is 10.2 Å². The van der Waals surface area contributed by atoms with Crippen LogP contribution in [0.2, 0.25) is 5.02 Å². The lowest BCUT2D eigenvalue weighted by Gasteiger charge is -2.24. The van der Waals surface area contributed by atoms with E-state index in [1.807, 2.05) is 12.1 Å². The second-order valence-electron chi connectivity index (χ2n) is 5.27. The van der Waals surface area contributed by atoms with Crippen LogP contribution in [-0.2, 0) is 11.3 Å². The highest BCUT2D eigenvalue weighted by molar-refractivity contribution is 6.33. The van der Waals surface area contributed by atoms with Gasteiger partial charge in [0, 0.05) is 20.1 Å². The van der Waals surface area contributed by atoms with Gasteiger partial charge in [-0.05, 0) is 38.4 Å². The van der Waals surface area contributed by atoms with Crippen molar-refractivity contribution in [2.24, 2.45) is 0 Å². The maximum Gasteiger partial charge on any atom is 0.0644 e. The molecular weight excluding hydrogens is 272 g/mol. The molecule has 0 aromatic heterocycles. The van der Waals surface area contributed by atoms with Crippen LogP contribution in [0.25, 0.3) is 0 Å². The van der Waals surface area contributed by atoms with E-state index in [0.29, 0.717) is 6.61 Å². The van der Waals surface area contributed by atoms with Crippen LogP contribution in [0.15, 0.2) is 18.2 Å². The molecule has 0 fully saturated rings. The number of nitrogens with zero attached hydrogens (tertiary/aromatic N) is 1. The van der Waals surface area contributed by atoms with Crippen LogP contribution in [-0.4, -0.2) is 32.8 Å². The number of halogens is 1. The summed E-state index contributed by atoms with van der Waals surface area (Å²) in [6.45, 7) is 9.68. The first-order valence-corrected chi connectivity index (χ1v) is 7.74. The molecule has 4 heteroatoms. The van der Waals surface area contributed by atoms with Crippen molar-refractivity contribution >= 4 is 17.3 Å². The molecule has 0 aliphatic rings. The molecule has 0 atom stereocenters. The summed E-state index contributed by atoms with van der Waals surface area (Å²) in [5.74, 6) is 0. The molecule has 0 unspecified atom stereocenters. The van der Waals surface area contributed by atoms with Crippen molar-refractivity contribution in [3.05, 3.63) is 28.8 Å². The largest absolute Gasteiger partial charge is 0.377 e. The third-order valence-corrected chi connectivity index (χ3v) is 3.38. The Kier molecular flexibility index (Phi) is 7.97. The van der Waals surface area contributed by atoms with E-state index in [9.17, 15) is 0 Å². The molecular formula is C16H27ClN2O. The lowest BCUT2D eigenvalue weighted by Crippen LogP contribution is -2.26. The summed E-state index contributed by atoms with van der Waals surface area (Å²) in [4.78, 5) is 2.17. The third-order valence-electron chi connectivity index (χ3n) is 3.07. The van der Waals surface area contributed by atoms with Crippen LogP contribution in [0.1, 0.15) is 32.8 Å². The van der Waals surface area contributed by atoms with Gasteiger partial charge in [-0.1, -0.05) is 30.7 Å². The molecule has 1 aromatic rings. The first kappa shape index (κ1) is 17.3. The molecule has 3 nitrogen and oxygen atoms in total. The number of anilines is 1. The number of para-hydroxylation sites is 1. The van der Waals surface area contributed by atoms with Gasteiger partial charge in [0.15, 0.2) is 0 Å². The SMILES string of the molecule is CCCNCc1cccc(Cl)c1N(C)CCOC(C)C. The maximum atomic E-state index is 6.37. The monoisotopic (exact) mass is 298 g/mol. The third kappa shape index (κ3) is 5.70. The summed E-state index contributed by atoms with van der Waals surface area (Å²) in [5.41, 5.74) is 2.34. The average molecular weight is 299 g/mol. The quantitative estimate of drug-likeness (QED) is 0.704. The van der Waals surface area contributed by atoms with Gasteiger partial charge in [-0.3, -0.25) is 0 Å². The van der Waals surface area contributed by atoms with Crippen molar-refractivity contribution in [3.8, 4) is 0 Å². The second kappa shape index (κ2) is 9.22. The number of benzene rings is 1. The second-order valence-corrected chi connectivity index (χ2v) is 5.67. The summed E-state index contributed by atoms with van der Waals surface area (Å²) in [7, 11) is 2.06. The van der Waals surface area contributed by atoms with E-state index in [4.69, 9.17) is 16.3 Å². The molecule has 1 rings (SSSR count). The van der Waals surface area contributed by atoms with Gasteiger partial charge < -0.3 is 15.0 Å². The minimum absolute atomic E-state index is 0.264. The Bertz CT molecular complexity index is 396. The number of ether oxygens (including phenoxy) is 1. The van der Waals surface area contributed by atoms with Gasteiger partial charge in [-0.15, -0.1) is 0 Å². The maximum absolute atomic E-state index is 6.37. The number of nitrogens with one attached hydrogen (secondary N) is 1. The van der Waals surface area contributed by atoms with E-state index in [1.54, 1.807) is 0 Å². The molecule has 20 heavy (non-hydrogen) atoms. The highest BCUT2D eigenvalue weighted by Crippen LogP contribution is 2.29. The molecule has 114 valence electrons. The number of likely N-dealkylation sites (N-methyl/N-ethyl adjacent to an activating group) is 1. The molecule has 1 N–H and O–H groups in total. The molecule has 0 amide bonds. The smallest absolute Gasteiger partial charge is 0.0644 e. The molecule has 0 heterocycles. The van der Waals surface area contributed by atoms with Crippen LogP contribution >= 0.6 is 11.6 Å².